The predicted octanol–water partition coefficient (Wildman–Crippen LogP) is 2.98. The molecule has 3 aromatic rings. The average Bonchev–Trinajstić information content (AvgIpc) is 3.19. The summed E-state index contributed by atoms with van der Waals surface area (Å²) in [7, 11) is 0. The van der Waals surface area contributed by atoms with Crippen LogP contribution in [-0.2, 0) is 17.9 Å². The lowest BCUT2D eigenvalue weighted by Crippen LogP contribution is -2.35. The van der Waals surface area contributed by atoms with E-state index in [0.29, 0.717) is 11.5 Å². The van der Waals surface area contributed by atoms with Gasteiger partial charge in [0.15, 0.2) is 0 Å². The largest absolute Gasteiger partial charge is 0.382 e. The molecule has 26 heavy (non-hydrogen) atoms. The summed E-state index contributed by atoms with van der Waals surface area (Å²) in [5, 5.41) is 19.1. The van der Waals surface area contributed by atoms with Crippen LogP contribution in [0, 0.1) is 25.5 Å². The molecule has 1 atom stereocenters. The van der Waals surface area contributed by atoms with E-state index >= 15 is 0 Å². The molecule has 0 radical (unpaired) electrons. The van der Waals surface area contributed by atoms with Gasteiger partial charge in [-0.25, -0.2) is 18.4 Å². The Labute approximate surface area is 153 Å². The minimum absolute atomic E-state index is 0.00977. The minimum Gasteiger partial charge on any atom is -0.382 e. The van der Waals surface area contributed by atoms with Crippen molar-refractivity contribution in [3.05, 3.63) is 65.1 Å². The van der Waals surface area contributed by atoms with Crippen LogP contribution in [0.4, 0.5) is 8.78 Å². The molecule has 0 bridgehead atoms. The van der Waals surface area contributed by atoms with E-state index in [1.165, 1.54) is 35.2 Å². The molecular formula is C17H18F2N4O2S. The quantitative estimate of drug-likeness (QED) is 0.679. The third kappa shape index (κ3) is 3.94. The highest BCUT2D eigenvalue weighted by Crippen LogP contribution is 2.32. The second kappa shape index (κ2) is 7.55. The van der Waals surface area contributed by atoms with Crippen LogP contribution < -0.4 is 0 Å². The van der Waals surface area contributed by atoms with Crippen LogP contribution in [0.3, 0.4) is 0 Å². The van der Waals surface area contributed by atoms with Crippen molar-refractivity contribution < 1.29 is 18.4 Å². The third-order valence-electron chi connectivity index (χ3n) is 4.09. The number of hydrogen-bond acceptors (Lipinski definition) is 6. The van der Waals surface area contributed by atoms with E-state index in [4.69, 9.17) is 4.52 Å². The van der Waals surface area contributed by atoms with Gasteiger partial charge in [0.1, 0.15) is 35.7 Å². The van der Waals surface area contributed by atoms with Crippen molar-refractivity contribution in [2.45, 2.75) is 31.7 Å². The molecule has 0 aliphatic rings. The van der Waals surface area contributed by atoms with Gasteiger partial charge in [0.05, 0.1) is 12.2 Å². The highest BCUT2D eigenvalue weighted by molar-refractivity contribution is 7.98. The van der Waals surface area contributed by atoms with Crippen molar-refractivity contribution in [3.63, 3.8) is 0 Å². The molecule has 3 rings (SSSR count). The standard InChI is InChI=1S/C17H18F2N4O2S/c1-11-14(12(2)25-22-11)6-26-8-17(24,7-23-10-20-9-21-23)15-4-3-13(18)5-16(15)19/h3-5,9-10,24H,6-8H2,1-2H3. The van der Waals surface area contributed by atoms with Gasteiger partial charge in [-0.05, 0) is 19.9 Å². The Morgan fingerprint density at radius 1 is 1.31 bits per heavy atom. The number of rotatable bonds is 7. The van der Waals surface area contributed by atoms with E-state index < -0.39 is 17.2 Å². The van der Waals surface area contributed by atoms with Crippen molar-refractivity contribution in [2.75, 3.05) is 5.75 Å². The number of benzene rings is 1. The molecule has 0 saturated heterocycles. The Balaban J connectivity index is 1.83. The fraction of sp³-hybridized carbons (Fsp3) is 0.353. The summed E-state index contributed by atoms with van der Waals surface area (Å²) >= 11 is 1.40. The lowest BCUT2D eigenvalue weighted by Gasteiger charge is -2.28. The zero-order valence-corrected chi connectivity index (χ0v) is 15.1. The number of aromatic nitrogens is 4. The summed E-state index contributed by atoms with van der Waals surface area (Å²) < 4.78 is 34.1. The summed E-state index contributed by atoms with van der Waals surface area (Å²) in [6, 6.07) is 3.16. The molecule has 2 heterocycles. The van der Waals surface area contributed by atoms with Crippen LogP contribution in [-0.4, -0.2) is 30.8 Å². The molecule has 0 aliphatic carbocycles. The van der Waals surface area contributed by atoms with Gasteiger partial charge in [0, 0.05) is 28.7 Å². The molecule has 0 aliphatic heterocycles. The fourth-order valence-electron chi connectivity index (χ4n) is 2.69. The second-order valence-electron chi connectivity index (χ2n) is 6.04. The van der Waals surface area contributed by atoms with Crippen LogP contribution >= 0.6 is 11.8 Å². The molecule has 1 N–H and O–H groups in total. The molecule has 1 unspecified atom stereocenters. The second-order valence-corrected chi connectivity index (χ2v) is 7.03. The van der Waals surface area contributed by atoms with E-state index in [2.05, 4.69) is 15.2 Å². The van der Waals surface area contributed by atoms with Gasteiger partial charge in [0.25, 0.3) is 0 Å². The van der Waals surface area contributed by atoms with Crippen LogP contribution in [0.5, 0.6) is 0 Å². The molecule has 1 aromatic carbocycles. The van der Waals surface area contributed by atoms with Gasteiger partial charge >= 0.3 is 0 Å². The first-order valence-corrected chi connectivity index (χ1v) is 9.04. The maximum Gasteiger partial charge on any atom is 0.137 e. The fourth-order valence-corrected chi connectivity index (χ4v) is 3.99. The summed E-state index contributed by atoms with van der Waals surface area (Å²) in [6.45, 7) is 3.65. The molecule has 2 aromatic heterocycles. The Kier molecular flexibility index (Phi) is 5.38. The van der Waals surface area contributed by atoms with Gasteiger partial charge in [-0.15, -0.1) is 0 Å². The number of thioether (sulfide) groups is 1. The van der Waals surface area contributed by atoms with Gasteiger partial charge in [0.2, 0.25) is 0 Å². The van der Waals surface area contributed by atoms with Gasteiger partial charge < -0.3 is 9.63 Å². The van der Waals surface area contributed by atoms with E-state index in [1.54, 1.807) is 0 Å². The zero-order valence-electron chi connectivity index (χ0n) is 14.3. The van der Waals surface area contributed by atoms with Crippen LogP contribution in [0.1, 0.15) is 22.6 Å². The SMILES string of the molecule is Cc1noc(C)c1CSCC(O)(Cn1cncn1)c1ccc(F)cc1F. The molecule has 6 nitrogen and oxygen atoms in total. The van der Waals surface area contributed by atoms with Crippen LogP contribution in [0.25, 0.3) is 0 Å². The van der Waals surface area contributed by atoms with Crippen LogP contribution in [0.15, 0.2) is 35.4 Å². The number of aliphatic hydroxyl groups is 1. The van der Waals surface area contributed by atoms with E-state index in [9.17, 15) is 13.9 Å². The van der Waals surface area contributed by atoms with E-state index in [-0.39, 0.29) is 17.9 Å². The monoisotopic (exact) mass is 380 g/mol. The third-order valence-corrected chi connectivity index (χ3v) is 5.27. The Morgan fingerprint density at radius 3 is 2.73 bits per heavy atom. The first-order chi connectivity index (χ1) is 12.4. The molecular weight excluding hydrogens is 362 g/mol. The summed E-state index contributed by atoms with van der Waals surface area (Å²) in [4.78, 5) is 3.84. The van der Waals surface area contributed by atoms with Gasteiger partial charge in [-0.1, -0.05) is 11.2 Å². The van der Waals surface area contributed by atoms with Gasteiger partial charge in [-0.2, -0.15) is 16.9 Å². The first kappa shape index (κ1) is 18.5. The summed E-state index contributed by atoms with van der Waals surface area (Å²) in [5.74, 6) is -0.0746. The Hall–Kier alpha value is -2.26. The normalized spacial score (nSPS) is 13.7. The molecule has 138 valence electrons. The smallest absolute Gasteiger partial charge is 0.137 e. The lowest BCUT2D eigenvalue weighted by molar-refractivity contribution is 0.0360. The molecule has 0 amide bonds. The molecule has 0 spiro atoms. The molecule has 9 heteroatoms. The summed E-state index contributed by atoms with van der Waals surface area (Å²) in [6.07, 6.45) is 2.77. The van der Waals surface area contributed by atoms with E-state index in [1.807, 2.05) is 13.8 Å². The van der Waals surface area contributed by atoms with Gasteiger partial charge in [-0.3, -0.25) is 0 Å². The number of hydrogen-bond donors (Lipinski definition) is 1. The summed E-state index contributed by atoms with van der Waals surface area (Å²) in [5.41, 5.74) is 0.149. The maximum atomic E-state index is 14.3. The Morgan fingerprint density at radius 2 is 2.12 bits per heavy atom. The zero-order chi connectivity index (χ0) is 18.7. The highest BCUT2D eigenvalue weighted by atomic mass is 32.2. The predicted molar refractivity (Wildman–Crippen MR) is 92.4 cm³/mol. The van der Waals surface area contributed by atoms with E-state index in [0.717, 1.165) is 23.4 Å². The number of aryl methyl sites for hydroxylation is 2. The number of halogens is 2. The minimum atomic E-state index is -1.59. The van der Waals surface area contributed by atoms with Crippen molar-refractivity contribution >= 4 is 11.8 Å². The molecule has 0 fully saturated rings. The number of nitrogens with zero attached hydrogens (tertiary/aromatic N) is 4. The van der Waals surface area contributed by atoms with Crippen molar-refractivity contribution in [1.82, 2.24) is 19.9 Å². The first-order valence-electron chi connectivity index (χ1n) is 7.89. The highest BCUT2D eigenvalue weighted by Gasteiger charge is 2.33. The lowest BCUT2D eigenvalue weighted by atomic mass is 9.95. The average molecular weight is 380 g/mol. The topological polar surface area (TPSA) is 77.0 Å². The Bertz CT molecular complexity index is 866. The maximum absolute atomic E-state index is 14.3. The van der Waals surface area contributed by atoms with Crippen molar-refractivity contribution in [3.8, 4) is 0 Å². The van der Waals surface area contributed by atoms with Crippen molar-refractivity contribution in [1.29, 1.82) is 0 Å². The van der Waals surface area contributed by atoms with Crippen molar-refractivity contribution in [2.24, 2.45) is 0 Å². The van der Waals surface area contributed by atoms with Crippen LogP contribution in [0.2, 0.25) is 0 Å². The molecule has 0 saturated carbocycles.